The molecule has 0 spiro atoms. The fourth-order valence-electron chi connectivity index (χ4n) is 3.65. The average Bonchev–Trinajstić information content (AvgIpc) is 3.06. The first kappa shape index (κ1) is 19.5. The van der Waals surface area contributed by atoms with Crippen LogP contribution in [0.1, 0.15) is 44.6 Å². The zero-order valence-electron chi connectivity index (χ0n) is 15.6. The molecule has 26 heavy (non-hydrogen) atoms. The normalized spacial score (nSPS) is 18.2. The molecule has 0 unspecified atom stereocenters. The second-order valence-corrected chi connectivity index (χ2v) is 8.54. The van der Waals surface area contributed by atoms with Gasteiger partial charge in [-0.2, -0.15) is 11.8 Å². The number of hydrogen-bond donors (Lipinski definition) is 4. The van der Waals surface area contributed by atoms with Crippen molar-refractivity contribution in [3.63, 3.8) is 0 Å². The highest BCUT2D eigenvalue weighted by molar-refractivity contribution is 7.99. The van der Waals surface area contributed by atoms with Crippen molar-refractivity contribution >= 4 is 28.6 Å². The Bertz CT molecular complexity index is 684. The van der Waals surface area contributed by atoms with E-state index in [0.717, 1.165) is 34.8 Å². The first-order valence-electron chi connectivity index (χ1n) is 9.68. The number of anilines is 1. The highest BCUT2D eigenvalue weighted by Crippen LogP contribution is 2.27. The van der Waals surface area contributed by atoms with Gasteiger partial charge in [-0.05, 0) is 37.2 Å². The van der Waals surface area contributed by atoms with Crippen molar-refractivity contribution in [3.8, 4) is 0 Å². The molecule has 2 aromatic rings. The molecule has 2 atom stereocenters. The van der Waals surface area contributed by atoms with E-state index in [1.54, 1.807) is 0 Å². The molecule has 0 aliphatic heterocycles. The second kappa shape index (κ2) is 9.58. The smallest absolute Gasteiger partial charge is 0.151 e. The van der Waals surface area contributed by atoms with E-state index in [1.165, 1.54) is 44.2 Å². The molecule has 3 rings (SSSR count). The maximum absolute atomic E-state index is 10.1. The van der Waals surface area contributed by atoms with Gasteiger partial charge in [-0.3, -0.25) is 0 Å². The van der Waals surface area contributed by atoms with E-state index in [2.05, 4.69) is 20.3 Å². The van der Waals surface area contributed by atoms with Crippen LogP contribution in [0, 0.1) is 11.8 Å². The number of nitrogens with two attached hydrogens (primary N) is 1. The van der Waals surface area contributed by atoms with Crippen LogP contribution in [0.3, 0.4) is 0 Å². The van der Waals surface area contributed by atoms with Gasteiger partial charge >= 0.3 is 0 Å². The molecule has 2 aromatic heterocycles. The summed E-state index contributed by atoms with van der Waals surface area (Å²) in [7, 11) is 0. The van der Waals surface area contributed by atoms with Crippen molar-refractivity contribution in [3.05, 3.63) is 18.1 Å². The van der Waals surface area contributed by atoms with Crippen LogP contribution in [-0.2, 0) is 6.54 Å². The van der Waals surface area contributed by atoms with Gasteiger partial charge in [-0.15, -0.1) is 0 Å². The molecule has 1 aliphatic carbocycles. The second-order valence-electron chi connectivity index (χ2n) is 7.47. The minimum Gasteiger partial charge on any atom is -0.393 e. The zero-order chi connectivity index (χ0) is 18.4. The van der Waals surface area contributed by atoms with E-state index >= 15 is 0 Å². The van der Waals surface area contributed by atoms with E-state index in [-0.39, 0.29) is 12.0 Å². The highest BCUT2D eigenvalue weighted by atomic mass is 32.2. The quantitative estimate of drug-likeness (QED) is 0.536. The number of nitrogens with zero attached hydrogens (tertiary/aromatic N) is 2. The summed E-state index contributed by atoms with van der Waals surface area (Å²) in [4.78, 5) is 11.5. The maximum Gasteiger partial charge on any atom is 0.151 e. The van der Waals surface area contributed by atoms with Crippen molar-refractivity contribution in [1.29, 1.82) is 0 Å². The van der Waals surface area contributed by atoms with Crippen molar-refractivity contribution in [2.75, 3.05) is 23.8 Å². The fourth-order valence-corrected chi connectivity index (χ4v) is 5.15. The number of aliphatic hydroxyl groups is 1. The van der Waals surface area contributed by atoms with Crippen LogP contribution in [-0.4, -0.2) is 44.2 Å². The van der Waals surface area contributed by atoms with E-state index in [9.17, 15) is 5.11 Å². The lowest BCUT2D eigenvalue weighted by molar-refractivity contribution is 0.136. The van der Waals surface area contributed by atoms with Crippen LogP contribution >= 0.6 is 11.8 Å². The van der Waals surface area contributed by atoms with Crippen LogP contribution in [0.25, 0.3) is 11.0 Å². The number of aliphatic hydroxyl groups excluding tert-OH is 1. The number of aromatic nitrogens is 3. The molecule has 1 fully saturated rings. The predicted molar refractivity (Wildman–Crippen MR) is 109 cm³/mol. The van der Waals surface area contributed by atoms with E-state index in [4.69, 9.17) is 5.73 Å². The Morgan fingerprint density at radius 3 is 2.92 bits per heavy atom. The molecule has 7 heteroatoms. The first-order chi connectivity index (χ1) is 12.6. The van der Waals surface area contributed by atoms with Gasteiger partial charge in [0.1, 0.15) is 11.8 Å². The summed E-state index contributed by atoms with van der Waals surface area (Å²) in [5.74, 6) is 3.86. The Balaban J connectivity index is 1.45. The van der Waals surface area contributed by atoms with Gasteiger partial charge in [0.25, 0.3) is 0 Å². The maximum atomic E-state index is 10.1. The number of aromatic amines is 1. The number of rotatable bonds is 9. The third-order valence-corrected chi connectivity index (χ3v) is 6.76. The van der Waals surface area contributed by atoms with Crippen LogP contribution in [0.5, 0.6) is 0 Å². The summed E-state index contributed by atoms with van der Waals surface area (Å²) in [5.41, 5.74) is 8.60. The number of fused-ring (bicyclic) bond motifs is 1. The van der Waals surface area contributed by atoms with Crippen LogP contribution in [0.2, 0.25) is 0 Å². The van der Waals surface area contributed by atoms with Crippen LogP contribution < -0.4 is 11.1 Å². The molecule has 6 nitrogen and oxygen atoms in total. The van der Waals surface area contributed by atoms with Crippen molar-refractivity contribution in [2.45, 2.75) is 51.7 Å². The molecule has 1 saturated carbocycles. The standard InChI is InChI=1S/C19H31N5OS/c1-13(25)16(11-26-10-14-5-3-2-4-6-14)8-21-7-15-9-22-18-17(15)23-12-24-19(18)20/h9,12-14,16,21-22,25H,2-8,10-11H2,1H3,(H2,20,23,24)/t13-,16-/m1/s1. The molecule has 5 N–H and O–H groups in total. The van der Waals surface area contributed by atoms with Gasteiger partial charge in [0.15, 0.2) is 5.82 Å². The topological polar surface area (TPSA) is 99.8 Å². The summed E-state index contributed by atoms with van der Waals surface area (Å²) < 4.78 is 0. The van der Waals surface area contributed by atoms with Gasteiger partial charge in [-0.1, -0.05) is 19.3 Å². The molecule has 2 heterocycles. The molecule has 0 saturated heterocycles. The van der Waals surface area contributed by atoms with Gasteiger partial charge in [0.05, 0.1) is 11.6 Å². The summed E-state index contributed by atoms with van der Waals surface area (Å²) in [6, 6.07) is 0. The summed E-state index contributed by atoms with van der Waals surface area (Å²) in [6.07, 6.45) is 10.1. The number of hydrogen-bond acceptors (Lipinski definition) is 6. The van der Waals surface area contributed by atoms with Gasteiger partial charge in [-0.25, -0.2) is 9.97 Å². The molecule has 144 valence electrons. The van der Waals surface area contributed by atoms with E-state index < -0.39 is 0 Å². The summed E-state index contributed by atoms with van der Waals surface area (Å²) in [5, 5.41) is 13.6. The highest BCUT2D eigenvalue weighted by Gasteiger charge is 2.18. The van der Waals surface area contributed by atoms with Crippen molar-refractivity contribution < 1.29 is 5.11 Å². The Morgan fingerprint density at radius 1 is 1.35 bits per heavy atom. The van der Waals surface area contributed by atoms with Crippen molar-refractivity contribution in [2.24, 2.45) is 11.8 Å². The monoisotopic (exact) mass is 377 g/mol. The molecule has 0 amide bonds. The first-order valence-corrected chi connectivity index (χ1v) is 10.8. The van der Waals surface area contributed by atoms with Gasteiger partial charge in [0.2, 0.25) is 0 Å². The average molecular weight is 378 g/mol. The number of H-pyrrole nitrogens is 1. The summed E-state index contributed by atoms with van der Waals surface area (Å²) in [6.45, 7) is 3.39. The zero-order valence-corrected chi connectivity index (χ0v) is 16.4. The third kappa shape index (κ3) is 5.11. The number of nitrogens with one attached hydrogen (secondary N) is 2. The van der Waals surface area contributed by atoms with E-state index in [1.807, 2.05) is 24.9 Å². The number of nitrogen functional groups attached to an aromatic ring is 1. The third-order valence-electron chi connectivity index (χ3n) is 5.39. The van der Waals surface area contributed by atoms with Crippen LogP contribution in [0.4, 0.5) is 5.82 Å². The molecular formula is C19H31N5OS. The van der Waals surface area contributed by atoms with Crippen molar-refractivity contribution in [1.82, 2.24) is 20.3 Å². The fraction of sp³-hybridized carbons (Fsp3) is 0.684. The lowest BCUT2D eigenvalue weighted by atomic mass is 9.91. The Kier molecular flexibility index (Phi) is 7.16. The Labute approximate surface area is 159 Å². The molecule has 0 radical (unpaired) electrons. The van der Waals surface area contributed by atoms with Gasteiger partial charge < -0.3 is 21.1 Å². The minimum absolute atomic E-state index is 0.258. The predicted octanol–water partition coefficient (Wildman–Crippen LogP) is 2.94. The van der Waals surface area contributed by atoms with Gasteiger partial charge in [0, 0.05) is 30.8 Å². The largest absolute Gasteiger partial charge is 0.393 e. The molecular weight excluding hydrogens is 346 g/mol. The molecule has 0 bridgehead atoms. The Hall–Kier alpha value is -1.31. The number of thioether (sulfide) groups is 1. The lowest BCUT2D eigenvalue weighted by Crippen LogP contribution is -2.31. The lowest BCUT2D eigenvalue weighted by Gasteiger charge is -2.24. The Morgan fingerprint density at radius 2 is 2.15 bits per heavy atom. The van der Waals surface area contributed by atoms with E-state index in [0.29, 0.717) is 12.4 Å². The summed E-state index contributed by atoms with van der Waals surface area (Å²) >= 11 is 2.01. The minimum atomic E-state index is -0.303. The van der Waals surface area contributed by atoms with Crippen LogP contribution in [0.15, 0.2) is 12.5 Å². The molecule has 0 aromatic carbocycles. The molecule has 1 aliphatic rings. The SMILES string of the molecule is C[C@@H](O)[C@H](CNCc1c[nH]c2c(N)ncnc12)CSCC1CCCCC1.